The lowest BCUT2D eigenvalue weighted by molar-refractivity contribution is -0.141. The second kappa shape index (κ2) is 3.23. The number of methoxy groups -OCH3 is 1. The van der Waals surface area contributed by atoms with E-state index in [1.807, 2.05) is 0 Å². The summed E-state index contributed by atoms with van der Waals surface area (Å²) in [6, 6.07) is 0. The third-order valence-electron chi connectivity index (χ3n) is 1.36. The monoisotopic (exact) mass is 175 g/mol. The largest absolute Gasteiger partial charge is 0.368 e. The van der Waals surface area contributed by atoms with Crippen LogP contribution in [0.4, 0.5) is 0 Å². The van der Waals surface area contributed by atoms with E-state index in [0.717, 1.165) is 11.8 Å². The molecular formula is C6H9NO3S. The van der Waals surface area contributed by atoms with Crippen molar-refractivity contribution in [2.45, 2.75) is 18.4 Å². The number of nitrogens with one attached hydrogen (secondary N) is 1. The molecule has 0 aliphatic carbocycles. The highest BCUT2D eigenvalue weighted by atomic mass is 32.2. The molecule has 0 aromatic rings. The Morgan fingerprint density at radius 3 is 2.73 bits per heavy atom. The van der Waals surface area contributed by atoms with Crippen molar-refractivity contribution in [1.29, 1.82) is 0 Å². The highest BCUT2D eigenvalue weighted by Gasteiger charge is 2.40. The molecule has 0 spiro atoms. The first-order valence-electron chi connectivity index (χ1n) is 3.15. The summed E-state index contributed by atoms with van der Waals surface area (Å²) in [5.74, 6) is -0.147. The Morgan fingerprint density at radius 2 is 2.36 bits per heavy atom. The molecule has 0 radical (unpaired) electrons. The third kappa shape index (κ3) is 1.72. The van der Waals surface area contributed by atoms with Crippen LogP contribution in [-0.2, 0) is 14.3 Å². The van der Waals surface area contributed by atoms with Crippen molar-refractivity contribution in [1.82, 2.24) is 5.32 Å². The molecule has 0 bridgehead atoms. The van der Waals surface area contributed by atoms with Crippen LogP contribution < -0.4 is 5.32 Å². The molecular weight excluding hydrogens is 166 g/mol. The van der Waals surface area contributed by atoms with Crippen LogP contribution >= 0.6 is 11.8 Å². The van der Waals surface area contributed by atoms with E-state index in [1.54, 1.807) is 0 Å². The fourth-order valence-electron chi connectivity index (χ4n) is 0.840. The summed E-state index contributed by atoms with van der Waals surface area (Å²) in [7, 11) is 1.46. The van der Waals surface area contributed by atoms with Crippen LogP contribution in [0.1, 0.15) is 6.92 Å². The molecule has 1 N–H and O–H groups in total. The lowest BCUT2D eigenvalue weighted by Gasteiger charge is -2.33. The number of β-lactam (4-membered cyclic amide) rings is 1. The van der Waals surface area contributed by atoms with Gasteiger partial charge in [0.1, 0.15) is 5.37 Å². The van der Waals surface area contributed by atoms with Gasteiger partial charge < -0.3 is 10.1 Å². The average Bonchev–Trinajstić information content (AvgIpc) is 1.86. The Morgan fingerprint density at radius 1 is 1.73 bits per heavy atom. The van der Waals surface area contributed by atoms with Gasteiger partial charge in [-0.3, -0.25) is 9.59 Å². The average molecular weight is 175 g/mol. The molecule has 0 aromatic heterocycles. The first-order valence-corrected chi connectivity index (χ1v) is 4.03. The summed E-state index contributed by atoms with van der Waals surface area (Å²) in [6.45, 7) is 1.46. The number of carbonyl (C=O) groups is 2. The lowest BCUT2D eigenvalue weighted by Crippen LogP contribution is -2.61. The van der Waals surface area contributed by atoms with E-state index in [4.69, 9.17) is 4.74 Å². The third-order valence-corrected chi connectivity index (χ3v) is 2.32. The Balaban J connectivity index is 2.38. The normalized spacial score (nSPS) is 29.1. The van der Waals surface area contributed by atoms with Gasteiger partial charge in [-0.2, -0.15) is 0 Å². The molecule has 5 heteroatoms. The van der Waals surface area contributed by atoms with Crippen molar-refractivity contribution < 1.29 is 14.3 Å². The Kier molecular flexibility index (Phi) is 2.51. The van der Waals surface area contributed by atoms with Gasteiger partial charge in [0.2, 0.25) is 0 Å². The van der Waals surface area contributed by atoms with E-state index in [0.29, 0.717) is 0 Å². The van der Waals surface area contributed by atoms with Crippen LogP contribution in [0.15, 0.2) is 0 Å². The van der Waals surface area contributed by atoms with Crippen molar-refractivity contribution in [2.24, 2.45) is 0 Å². The van der Waals surface area contributed by atoms with Gasteiger partial charge in [-0.05, 0) is 0 Å². The van der Waals surface area contributed by atoms with Gasteiger partial charge in [0, 0.05) is 14.0 Å². The molecule has 2 unspecified atom stereocenters. The summed E-state index contributed by atoms with van der Waals surface area (Å²) in [4.78, 5) is 21.3. The van der Waals surface area contributed by atoms with Crippen LogP contribution in [0, 0.1) is 0 Å². The van der Waals surface area contributed by atoms with E-state index in [1.165, 1.54) is 14.0 Å². The van der Waals surface area contributed by atoms with Crippen molar-refractivity contribution in [3.63, 3.8) is 0 Å². The fraction of sp³-hybridized carbons (Fsp3) is 0.667. The topological polar surface area (TPSA) is 55.4 Å². The summed E-state index contributed by atoms with van der Waals surface area (Å²) >= 11 is 1.08. The number of ether oxygens (including phenoxy) is 1. The molecule has 62 valence electrons. The lowest BCUT2D eigenvalue weighted by atomic mass is 10.2. The molecule has 1 saturated heterocycles. The number of hydrogen-bond donors (Lipinski definition) is 1. The fourth-order valence-corrected chi connectivity index (χ4v) is 1.73. The molecule has 1 heterocycles. The minimum absolute atomic E-state index is 0.0166. The first-order chi connectivity index (χ1) is 5.15. The van der Waals surface area contributed by atoms with Crippen LogP contribution in [0.25, 0.3) is 0 Å². The van der Waals surface area contributed by atoms with E-state index in [2.05, 4.69) is 5.32 Å². The van der Waals surface area contributed by atoms with Gasteiger partial charge in [0.05, 0.1) is 0 Å². The second-order valence-electron chi connectivity index (χ2n) is 2.19. The standard InChI is InChI=1S/C6H9NO3S/c1-3(8)11-6-4(10-2)5(9)7-6/h4,6H,1-2H3,(H,7,9). The molecule has 1 aliphatic heterocycles. The predicted molar refractivity (Wildman–Crippen MR) is 41.0 cm³/mol. The van der Waals surface area contributed by atoms with Gasteiger partial charge >= 0.3 is 0 Å². The van der Waals surface area contributed by atoms with E-state index in [-0.39, 0.29) is 16.4 Å². The molecule has 0 saturated carbocycles. The van der Waals surface area contributed by atoms with Gasteiger partial charge in [-0.15, -0.1) is 0 Å². The summed E-state index contributed by atoms with van der Waals surface area (Å²) in [5, 5.41) is 2.35. The highest BCUT2D eigenvalue weighted by molar-refractivity contribution is 8.14. The van der Waals surface area contributed by atoms with Crippen molar-refractivity contribution >= 4 is 22.8 Å². The first kappa shape index (κ1) is 8.55. The Bertz CT molecular complexity index is 194. The molecule has 1 rings (SSSR count). The number of hydrogen-bond acceptors (Lipinski definition) is 4. The molecule has 1 aliphatic rings. The van der Waals surface area contributed by atoms with Crippen molar-refractivity contribution in [3.8, 4) is 0 Å². The molecule has 4 nitrogen and oxygen atoms in total. The number of rotatable bonds is 2. The summed E-state index contributed by atoms with van der Waals surface area (Å²) in [6.07, 6.45) is -0.455. The zero-order chi connectivity index (χ0) is 8.43. The van der Waals surface area contributed by atoms with E-state index in [9.17, 15) is 9.59 Å². The molecule has 1 fully saturated rings. The van der Waals surface area contributed by atoms with Crippen LogP contribution in [0.3, 0.4) is 0 Å². The zero-order valence-electron chi connectivity index (χ0n) is 6.29. The van der Waals surface area contributed by atoms with Gasteiger partial charge in [-0.1, -0.05) is 11.8 Å². The zero-order valence-corrected chi connectivity index (χ0v) is 7.10. The minimum Gasteiger partial charge on any atom is -0.368 e. The number of carbonyl (C=O) groups excluding carboxylic acids is 2. The number of thioether (sulfide) groups is 1. The maximum absolute atomic E-state index is 10.7. The van der Waals surface area contributed by atoms with Gasteiger partial charge in [0.15, 0.2) is 11.2 Å². The molecule has 11 heavy (non-hydrogen) atoms. The number of amides is 1. The maximum atomic E-state index is 10.7. The van der Waals surface area contributed by atoms with Crippen molar-refractivity contribution in [3.05, 3.63) is 0 Å². The Hall–Kier alpha value is -0.550. The SMILES string of the molecule is COC1C(=O)NC1SC(C)=O. The van der Waals surface area contributed by atoms with E-state index < -0.39 is 6.10 Å². The van der Waals surface area contributed by atoms with Crippen LogP contribution in [0.5, 0.6) is 0 Å². The Labute approximate surface area is 68.7 Å². The molecule has 0 aromatic carbocycles. The van der Waals surface area contributed by atoms with Gasteiger partial charge in [0.25, 0.3) is 5.91 Å². The van der Waals surface area contributed by atoms with Crippen molar-refractivity contribution in [2.75, 3.05) is 7.11 Å². The van der Waals surface area contributed by atoms with Crippen LogP contribution in [0.2, 0.25) is 0 Å². The highest BCUT2D eigenvalue weighted by Crippen LogP contribution is 2.22. The van der Waals surface area contributed by atoms with E-state index >= 15 is 0 Å². The van der Waals surface area contributed by atoms with Gasteiger partial charge in [-0.25, -0.2) is 0 Å². The molecule has 2 atom stereocenters. The predicted octanol–water partition coefficient (Wildman–Crippen LogP) is -0.263. The maximum Gasteiger partial charge on any atom is 0.253 e. The summed E-state index contributed by atoms with van der Waals surface area (Å²) < 4.78 is 4.83. The van der Waals surface area contributed by atoms with Crippen LogP contribution in [-0.4, -0.2) is 29.6 Å². The second-order valence-corrected chi connectivity index (χ2v) is 3.51. The quantitative estimate of drug-likeness (QED) is 0.587. The smallest absolute Gasteiger partial charge is 0.253 e. The summed E-state index contributed by atoms with van der Waals surface area (Å²) in [5.41, 5.74) is 0. The minimum atomic E-state index is -0.455. The molecule has 1 amide bonds.